The molecule has 0 aromatic carbocycles. The zero-order valence-electron chi connectivity index (χ0n) is 8.43. The third-order valence-corrected chi connectivity index (χ3v) is 2.13. The zero-order valence-corrected chi connectivity index (χ0v) is 9.18. The van der Waals surface area contributed by atoms with Gasteiger partial charge in [0.25, 0.3) is 0 Å². The molecule has 0 aliphatic heterocycles. The minimum atomic E-state index is 0.433. The molecule has 14 heavy (non-hydrogen) atoms. The van der Waals surface area contributed by atoms with Crippen molar-refractivity contribution in [1.82, 2.24) is 4.98 Å². The van der Waals surface area contributed by atoms with Crippen LogP contribution in [0.25, 0.3) is 0 Å². The van der Waals surface area contributed by atoms with Crippen LogP contribution in [0, 0.1) is 24.3 Å². The van der Waals surface area contributed by atoms with Crippen LogP contribution in [0.2, 0.25) is 0 Å². The SMILES string of the molecule is COc1c(C)cnc(CCl)c1C.N=O. The number of methoxy groups -OCH3 is 1. The molecule has 0 unspecified atom stereocenters. The van der Waals surface area contributed by atoms with Crippen LogP contribution in [-0.4, -0.2) is 12.1 Å². The number of rotatable bonds is 2. The maximum Gasteiger partial charge on any atom is 0.128 e. The van der Waals surface area contributed by atoms with E-state index in [1.165, 1.54) is 0 Å². The number of pyridine rings is 1. The minimum Gasteiger partial charge on any atom is -0.496 e. The first-order valence-corrected chi connectivity index (χ1v) is 4.49. The molecule has 4 nitrogen and oxygen atoms in total. The Kier molecular flexibility index (Phi) is 5.79. The van der Waals surface area contributed by atoms with Gasteiger partial charge in [0.15, 0.2) is 0 Å². The van der Waals surface area contributed by atoms with Crippen LogP contribution in [0.3, 0.4) is 0 Å². The molecule has 0 radical (unpaired) electrons. The number of alkyl halides is 1. The highest BCUT2D eigenvalue weighted by Crippen LogP contribution is 2.24. The molecule has 0 saturated heterocycles. The molecule has 0 amide bonds. The number of hydrogen-bond acceptors (Lipinski definition) is 4. The molecule has 1 rings (SSSR count). The van der Waals surface area contributed by atoms with Gasteiger partial charge in [-0.05, 0) is 13.8 Å². The second-order valence-electron chi connectivity index (χ2n) is 2.68. The summed E-state index contributed by atoms with van der Waals surface area (Å²) in [4.78, 5) is 11.7. The van der Waals surface area contributed by atoms with E-state index < -0.39 is 0 Å². The zero-order chi connectivity index (χ0) is 11.1. The predicted octanol–water partition coefficient (Wildman–Crippen LogP) is 2.78. The smallest absolute Gasteiger partial charge is 0.128 e. The van der Waals surface area contributed by atoms with Crippen molar-refractivity contribution in [2.24, 2.45) is 0 Å². The summed E-state index contributed by atoms with van der Waals surface area (Å²) in [5, 5.41) is 0. The van der Waals surface area contributed by atoms with E-state index in [2.05, 4.69) is 10.6 Å². The number of aryl methyl sites for hydroxylation is 1. The monoisotopic (exact) mass is 216 g/mol. The van der Waals surface area contributed by atoms with E-state index >= 15 is 0 Å². The lowest BCUT2D eigenvalue weighted by molar-refractivity contribution is 0.407. The number of aromatic nitrogens is 1. The predicted molar refractivity (Wildman–Crippen MR) is 55.9 cm³/mol. The molecule has 78 valence electrons. The van der Waals surface area contributed by atoms with Crippen LogP contribution in [0.5, 0.6) is 5.75 Å². The molecule has 1 aromatic rings. The van der Waals surface area contributed by atoms with Gasteiger partial charge in [-0.15, -0.1) is 11.6 Å². The first-order chi connectivity index (χ1) is 6.70. The van der Waals surface area contributed by atoms with Crippen molar-refractivity contribution in [3.05, 3.63) is 27.9 Å². The van der Waals surface area contributed by atoms with Gasteiger partial charge in [-0.3, -0.25) is 4.98 Å². The average molecular weight is 217 g/mol. The third kappa shape index (κ3) is 2.67. The number of halogens is 1. The van der Waals surface area contributed by atoms with Crippen molar-refractivity contribution in [3.63, 3.8) is 0 Å². The van der Waals surface area contributed by atoms with Gasteiger partial charge in [-0.1, -0.05) is 5.59 Å². The number of nitrogens with zero attached hydrogens (tertiary/aromatic N) is 1. The van der Waals surface area contributed by atoms with Crippen molar-refractivity contribution < 1.29 is 4.74 Å². The van der Waals surface area contributed by atoms with Crippen LogP contribution < -0.4 is 4.74 Å². The standard InChI is InChI=1S/C9H12ClNO.HNO/c1-6-5-11-8(4-10)7(2)9(6)12-3;1-2/h5H,4H2,1-3H3;1H. The van der Waals surface area contributed by atoms with Crippen molar-refractivity contribution in [3.8, 4) is 5.75 Å². The summed E-state index contributed by atoms with van der Waals surface area (Å²) in [5.41, 5.74) is 7.47. The average Bonchev–Trinajstić information content (AvgIpc) is 2.22. The fourth-order valence-corrected chi connectivity index (χ4v) is 1.48. The molecule has 1 heterocycles. The van der Waals surface area contributed by atoms with Crippen molar-refractivity contribution in [2.75, 3.05) is 7.11 Å². The Morgan fingerprint density at radius 1 is 1.50 bits per heavy atom. The lowest BCUT2D eigenvalue weighted by Gasteiger charge is -2.09. The number of hydrogen-bond donors (Lipinski definition) is 1. The van der Waals surface area contributed by atoms with E-state index in [0.29, 0.717) is 5.88 Å². The van der Waals surface area contributed by atoms with Gasteiger partial charge in [0.2, 0.25) is 0 Å². The summed E-state index contributed by atoms with van der Waals surface area (Å²) in [7, 11) is 1.66. The normalized spacial score (nSPS) is 8.86. The van der Waals surface area contributed by atoms with Crippen LogP contribution in [0.1, 0.15) is 16.8 Å². The van der Waals surface area contributed by atoms with Gasteiger partial charge in [0.05, 0.1) is 18.7 Å². The molecular formula is C9H13ClN2O2. The molecule has 0 aliphatic carbocycles. The van der Waals surface area contributed by atoms with Gasteiger partial charge in [-0.2, -0.15) is 4.91 Å². The maximum atomic E-state index is 7.50. The fourth-order valence-electron chi connectivity index (χ4n) is 1.21. The second kappa shape index (κ2) is 6.32. The van der Waals surface area contributed by atoms with Crippen LogP contribution in [-0.2, 0) is 5.88 Å². The Morgan fingerprint density at radius 2 is 2.07 bits per heavy atom. The topological polar surface area (TPSA) is 63.0 Å². The Hall–Kier alpha value is -1.16. The number of nitrogens with one attached hydrogen (secondary N) is 1. The third-order valence-electron chi connectivity index (χ3n) is 1.88. The van der Waals surface area contributed by atoms with E-state index in [4.69, 9.17) is 21.2 Å². The summed E-state index contributed by atoms with van der Waals surface area (Å²) in [6.07, 6.45) is 1.78. The molecule has 0 spiro atoms. The highest BCUT2D eigenvalue weighted by Gasteiger charge is 2.07. The lowest BCUT2D eigenvalue weighted by Crippen LogP contribution is -1.97. The molecule has 5 heteroatoms. The molecule has 0 atom stereocenters. The van der Waals surface area contributed by atoms with Crippen LogP contribution in [0.15, 0.2) is 6.20 Å². The summed E-state index contributed by atoms with van der Waals surface area (Å²) in [6, 6.07) is 0. The Bertz CT molecular complexity index is 305. The van der Waals surface area contributed by atoms with Gasteiger partial charge >= 0.3 is 0 Å². The number of ether oxygens (including phenoxy) is 1. The van der Waals surface area contributed by atoms with Gasteiger partial charge in [0, 0.05) is 17.3 Å². The van der Waals surface area contributed by atoms with Crippen LogP contribution >= 0.6 is 11.6 Å². The summed E-state index contributed by atoms with van der Waals surface area (Å²) in [6.45, 7) is 3.94. The minimum absolute atomic E-state index is 0.433. The Morgan fingerprint density at radius 3 is 2.50 bits per heavy atom. The van der Waals surface area contributed by atoms with Crippen molar-refractivity contribution in [2.45, 2.75) is 19.7 Å². The van der Waals surface area contributed by atoms with E-state index in [9.17, 15) is 0 Å². The molecular weight excluding hydrogens is 204 g/mol. The highest BCUT2D eigenvalue weighted by atomic mass is 35.5. The van der Waals surface area contributed by atoms with E-state index in [0.717, 1.165) is 22.6 Å². The molecule has 1 aromatic heterocycles. The quantitative estimate of drug-likeness (QED) is 0.611. The summed E-state index contributed by atoms with van der Waals surface area (Å²) in [5.74, 6) is 1.32. The van der Waals surface area contributed by atoms with Crippen molar-refractivity contribution in [1.29, 1.82) is 5.59 Å². The maximum absolute atomic E-state index is 7.50. The molecule has 0 bridgehead atoms. The van der Waals surface area contributed by atoms with E-state index in [1.807, 2.05) is 13.8 Å². The van der Waals surface area contributed by atoms with Gasteiger partial charge in [-0.25, -0.2) is 0 Å². The van der Waals surface area contributed by atoms with E-state index in [1.54, 1.807) is 13.3 Å². The molecule has 0 aliphatic rings. The summed E-state index contributed by atoms with van der Waals surface area (Å²) < 4.78 is 5.22. The van der Waals surface area contributed by atoms with Crippen LogP contribution in [0.4, 0.5) is 0 Å². The largest absolute Gasteiger partial charge is 0.496 e. The van der Waals surface area contributed by atoms with Crippen molar-refractivity contribution >= 4 is 11.6 Å². The first kappa shape index (κ1) is 12.8. The second-order valence-corrected chi connectivity index (χ2v) is 2.95. The lowest BCUT2D eigenvalue weighted by atomic mass is 10.1. The summed E-state index contributed by atoms with van der Waals surface area (Å²) >= 11 is 5.70. The fraction of sp³-hybridized carbons (Fsp3) is 0.444. The molecule has 0 saturated carbocycles. The van der Waals surface area contributed by atoms with E-state index in [-0.39, 0.29) is 0 Å². The van der Waals surface area contributed by atoms with Gasteiger partial charge < -0.3 is 4.74 Å². The molecule has 1 N–H and O–H groups in total. The first-order valence-electron chi connectivity index (χ1n) is 3.96. The molecule has 0 fully saturated rings. The number of nitroso groups, excluding NO2 is 1. The Balaban J connectivity index is 0.000000791. The van der Waals surface area contributed by atoms with Gasteiger partial charge in [0.1, 0.15) is 5.75 Å². The Labute approximate surface area is 88.0 Å². The highest BCUT2D eigenvalue weighted by molar-refractivity contribution is 6.17.